The standard InChI is InChI=1S/C25H34N8O4S/c1-15(2)21-20(30-25(26)38-21)24(36)29-17-12-19(32(4)14-17)23(35)28-16-11-18(31(3)13-16)22(34)27-5-6-33-7-9-37-10-8-33/h11-15H,5-10H2,1-4H3,(H2,26,30)(H,27,34)(H,28,35)(H,29,36). The monoisotopic (exact) mass is 542 g/mol. The normalized spacial score (nSPS) is 14.0. The van der Waals surface area contributed by atoms with Gasteiger partial charge in [-0.1, -0.05) is 13.8 Å². The van der Waals surface area contributed by atoms with E-state index < -0.39 is 0 Å². The lowest BCUT2D eigenvalue weighted by Crippen LogP contribution is -2.41. The molecule has 0 unspecified atom stereocenters. The number of nitrogens with one attached hydrogen (secondary N) is 3. The van der Waals surface area contributed by atoms with Gasteiger partial charge in [-0.3, -0.25) is 19.3 Å². The van der Waals surface area contributed by atoms with E-state index in [9.17, 15) is 14.4 Å². The van der Waals surface area contributed by atoms with Crippen molar-refractivity contribution in [2.75, 3.05) is 55.8 Å². The van der Waals surface area contributed by atoms with Crippen molar-refractivity contribution in [3.63, 3.8) is 0 Å². The van der Waals surface area contributed by atoms with Gasteiger partial charge < -0.3 is 35.6 Å². The fourth-order valence-corrected chi connectivity index (χ4v) is 5.08. The number of hydrogen-bond donors (Lipinski definition) is 4. The quantitative estimate of drug-likeness (QED) is 0.324. The van der Waals surface area contributed by atoms with Gasteiger partial charge in [-0.25, -0.2) is 4.98 Å². The van der Waals surface area contributed by atoms with Crippen molar-refractivity contribution in [3.05, 3.63) is 46.5 Å². The van der Waals surface area contributed by atoms with Gasteiger partial charge in [0.15, 0.2) is 5.13 Å². The highest BCUT2D eigenvalue weighted by Gasteiger charge is 2.22. The van der Waals surface area contributed by atoms with Crippen LogP contribution in [0.4, 0.5) is 16.5 Å². The number of nitrogen functional groups attached to an aromatic ring is 1. The number of nitrogens with zero attached hydrogens (tertiary/aromatic N) is 4. The van der Waals surface area contributed by atoms with Crippen molar-refractivity contribution < 1.29 is 19.1 Å². The van der Waals surface area contributed by atoms with Crippen LogP contribution in [-0.2, 0) is 18.8 Å². The van der Waals surface area contributed by atoms with E-state index in [1.165, 1.54) is 11.3 Å². The average molecular weight is 543 g/mol. The number of anilines is 3. The van der Waals surface area contributed by atoms with Gasteiger partial charge in [0.2, 0.25) is 0 Å². The Morgan fingerprint density at radius 3 is 2.18 bits per heavy atom. The maximum atomic E-state index is 13.0. The number of carbonyl (C=O) groups excluding carboxylic acids is 3. The van der Waals surface area contributed by atoms with Crippen LogP contribution >= 0.6 is 11.3 Å². The van der Waals surface area contributed by atoms with Crippen LogP contribution in [0.1, 0.15) is 56.1 Å². The summed E-state index contributed by atoms with van der Waals surface area (Å²) in [6, 6.07) is 3.22. The number of ether oxygens (including phenoxy) is 1. The van der Waals surface area contributed by atoms with Gasteiger partial charge in [0.05, 0.1) is 24.6 Å². The summed E-state index contributed by atoms with van der Waals surface area (Å²) in [5, 5.41) is 8.89. The van der Waals surface area contributed by atoms with Gasteiger partial charge in [-0.05, 0) is 18.1 Å². The van der Waals surface area contributed by atoms with E-state index >= 15 is 0 Å². The van der Waals surface area contributed by atoms with E-state index in [0.717, 1.165) is 24.5 Å². The molecule has 4 rings (SSSR count). The fraction of sp³-hybridized carbons (Fsp3) is 0.440. The number of rotatable bonds is 9. The Hall–Kier alpha value is -3.68. The van der Waals surface area contributed by atoms with E-state index in [1.54, 1.807) is 47.8 Å². The van der Waals surface area contributed by atoms with Gasteiger partial charge in [0.25, 0.3) is 17.7 Å². The maximum Gasteiger partial charge on any atom is 0.275 e. The first-order valence-corrected chi connectivity index (χ1v) is 13.2. The molecule has 1 fully saturated rings. The number of carbonyl (C=O) groups is 3. The SMILES string of the molecule is CC(C)c1sc(N)nc1C(=O)Nc1cc(C(=O)Nc2cc(C(=O)NCCN3CCOCC3)n(C)c2)n(C)c1. The molecule has 38 heavy (non-hydrogen) atoms. The number of nitrogens with two attached hydrogens (primary N) is 1. The number of hydrogen-bond acceptors (Lipinski definition) is 8. The van der Waals surface area contributed by atoms with Crippen molar-refractivity contribution in [3.8, 4) is 0 Å². The number of thiazole rings is 1. The zero-order valence-corrected chi connectivity index (χ0v) is 22.9. The molecule has 3 amide bonds. The molecule has 0 spiro atoms. The fourth-order valence-electron chi connectivity index (χ4n) is 4.25. The number of aryl methyl sites for hydroxylation is 2. The zero-order valence-electron chi connectivity index (χ0n) is 22.0. The second-order valence-corrected chi connectivity index (χ2v) is 10.5. The lowest BCUT2D eigenvalue weighted by atomic mass is 10.1. The van der Waals surface area contributed by atoms with E-state index in [4.69, 9.17) is 10.5 Å². The summed E-state index contributed by atoms with van der Waals surface area (Å²) in [5.74, 6) is -0.871. The second kappa shape index (κ2) is 11.8. The van der Waals surface area contributed by atoms with Crippen LogP contribution in [0.2, 0.25) is 0 Å². The molecule has 5 N–H and O–H groups in total. The van der Waals surface area contributed by atoms with Crippen molar-refractivity contribution in [2.45, 2.75) is 19.8 Å². The lowest BCUT2D eigenvalue weighted by Gasteiger charge is -2.26. The minimum Gasteiger partial charge on any atom is -0.379 e. The third-order valence-electron chi connectivity index (χ3n) is 6.22. The van der Waals surface area contributed by atoms with E-state index in [0.29, 0.717) is 47.7 Å². The topological polar surface area (TPSA) is 149 Å². The molecule has 0 bridgehead atoms. The van der Waals surface area contributed by atoms with E-state index in [2.05, 4.69) is 25.8 Å². The third-order valence-corrected chi connectivity index (χ3v) is 7.40. The van der Waals surface area contributed by atoms with Crippen LogP contribution in [0, 0.1) is 0 Å². The first kappa shape index (κ1) is 27.4. The zero-order chi connectivity index (χ0) is 27.4. The summed E-state index contributed by atoms with van der Waals surface area (Å²) >= 11 is 1.29. The first-order valence-electron chi connectivity index (χ1n) is 12.4. The number of morpholine rings is 1. The second-order valence-electron chi connectivity index (χ2n) is 9.49. The Morgan fingerprint density at radius 2 is 1.58 bits per heavy atom. The summed E-state index contributed by atoms with van der Waals surface area (Å²) in [6.07, 6.45) is 3.33. The van der Waals surface area contributed by atoms with Crippen molar-refractivity contribution >= 4 is 45.6 Å². The van der Waals surface area contributed by atoms with Gasteiger partial charge >= 0.3 is 0 Å². The van der Waals surface area contributed by atoms with Crippen LogP contribution < -0.4 is 21.7 Å². The molecular weight excluding hydrogens is 508 g/mol. The average Bonchev–Trinajstić information content (AvgIpc) is 3.55. The Balaban J connectivity index is 1.36. The van der Waals surface area contributed by atoms with Crippen LogP contribution in [-0.4, -0.2) is 76.1 Å². The molecule has 0 aromatic carbocycles. The van der Waals surface area contributed by atoms with E-state index in [-0.39, 0.29) is 29.3 Å². The van der Waals surface area contributed by atoms with Crippen LogP contribution in [0.5, 0.6) is 0 Å². The molecule has 0 radical (unpaired) electrons. The molecule has 3 aromatic heterocycles. The summed E-state index contributed by atoms with van der Waals surface area (Å²) in [5.41, 5.74) is 7.82. The molecule has 12 nitrogen and oxygen atoms in total. The molecular formula is C25H34N8O4S. The van der Waals surface area contributed by atoms with Gasteiger partial charge in [0.1, 0.15) is 17.1 Å². The van der Waals surface area contributed by atoms with Gasteiger partial charge in [0, 0.05) is 57.5 Å². The van der Waals surface area contributed by atoms with Crippen LogP contribution in [0.15, 0.2) is 24.5 Å². The van der Waals surface area contributed by atoms with Crippen molar-refractivity contribution in [1.82, 2.24) is 24.3 Å². The largest absolute Gasteiger partial charge is 0.379 e. The maximum absolute atomic E-state index is 13.0. The minimum atomic E-state index is -0.383. The molecule has 0 saturated carbocycles. The molecule has 13 heteroatoms. The first-order chi connectivity index (χ1) is 18.1. The summed E-state index contributed by atoms with van der Waals surface area (Å²) in [4.78, 5) is 45.7. The molecule has 4 heterocycles. The Kier molecular flexibility index (Phi) is 8.49. The van der Waals surface area contributed by atoms with Gasteiger partial charge in [-0.15, -0.1) is 11.3 Å². The molecule has 3 aromatic rings. The summed E-state index contributed by atoms with van der Waals surface area (Å²) < 4.78 is 8.63. The van der Waals surface area contributed by atoms with Crippen LogP contribution in [0.25, 0.3) is 0 Å². The summed E-state index contributed by atoms with van der Waals surface area (Å²) in [6.45, 7) is 8.36. The molecule has 1 aliphatic heterocycles. The smallest absolute Gasteiger partial charge is 0.275 e. The van der Waals surface area contributed by atoms with Crippen molar-refractivity contribution in [2.24, 2.45) is 14.1 Å². The highest BCUT2D eigenvalue weighted by atomic mass is 32.1. The molecule has 204 valence electrons. The Morgan fingerprint density at radius 1 is 1.00 bits per heavy atom. The van der Waals surface area contributed by atoms with E-state index in [1.807, 2.05) is 13.8 Å². The predicted molar refractivity (Wildman–Crippen MR) is 147 cm³/mol. The Bertz CT molecular complexity index is 1320. The molecule has 0 aliphatic carbocycles. The molecule has 1 aliphatic rings. The molecule has 0 atom stereocenters. The Labute approximate surface area is 225 Å². The predicted octanol–water partition coefficient (Wildman–Crippen LogP) is 2.09. The summed E-state index contributed by atoms with van der Waals surface area (Å²) in [7, 11) is 3.46. The number of aromatic nitrogens is 3. The van der Waals surface area contributed by atoms with Crippen molar-refractivity contribution in [1.29, 1.82) is 0 Å². The third kappa shape index (κ3) is 6.41. The van der Waals surface area contributed by atoms with Gasteiger partial charge in [-0.2, -0.15) is 0 Å². The highest BCUT2D eigenvalue weighted by Crippen LogP contribution is 2.29. The minimum absolute atomic E-state index is 0.102. The highest BCUT2D eigenvalue weighted by molar-refractivity contribution is 7.15. The van der Waals surface area contributed by atoms with Crippen LogP contribution in [0.3, 0.4) is 0 Å². The number of amides is 3. The lowest BCUT2D eigenvalue weighted by molar-refractivity contribution is 0.0383. The molecule has 1 saturated heterocycles.